The van der Waals surface area contributed by atoms with Crippen LogP contribution in [0.2, 0.25) is 0 Å². The second kappa shape index (κ2) is 6.31. The van der Waals surface area contributed by atoms with E-state index < -0.39 is 6.04 Å². The van der Waals surface area contributed by atoms with Gasteiger partial charge in [-0.1, -0.05) is 37.3 Å². The van der Waals surface area contributed by atoms with Gasteiger partial charge < -0.3 is 5.32 Å². The van der Waals surface area contributed by atoms with Gasteiger partial charge in [-0.25, -0.2) is 4.98 Å². The number of benzene rings is 1. The van der Waals surface area contributed by atoms with Gasteiger partial charge in [-0.3, -0.25) is 4.79 Å². The Bertz CT molecular complexity index is 643. The van der Waals surface area contributed by atoms with Gasteiger partial charge in [-0.05, 0) is 18.9 Å². The van der Waals surface area contributed by atoms with Gasteiger partial charge in [-0.15, -0.1) is 11.3 Å². The van der Waals surface area contributed by atoms with Gasteiger partial charge in [0.2, 0.25) is 0 Å². The highest BCUT2D eigenvalue weighted by molar-refractivity contribution is 7.13. The fraction of sp³-hybridized carbons (Fsp3) is 0.267. The third-order valence-corrected chi connectivity index (χ3v) is 4.19. The lowest BCUT2D eigenvalue weighted by molar-refractivity contribution is 0.0948. The molecule has 0 aliphatic rings. The van der Waals surface area contributed by atoms with E-state index in [0.29, 0.717) is 10.6 Å². The van der Waals surface area contributed by atoms with Crippen LogP contribution in [-0.2, 0) is 6.42 Å². The number of nitriles is 1. The molecule has 0 spiro atoms. The molecule has 1 heterocycles. The predicted octanol–water partition coefficient (Wildman–Crippen LogP) is 3.01. The van der Waals surface area contributed by atoms with E-state index in [0.717, 1.165) is 17.0 Å². The Hall–Kier alpha value is -2.19. The summed E-state index contributed by atoms with van der Waals surface area (Å²) in [5.74, 6) is -0.241. The number of thiazole rings is 1. The summed E-state index contributed by atoms with van der Waals surface area (Å²) < 4.78 is 0. The molecule has 1 aromatic carbocycles. The molecular formula is C15H15N3OS. The summed E-state index contributed by atoms with van der Waals surface area (Å²) in [6.07, 6.45) is 0.805. The van der Waals surface area contributed by atoms with Crippen LogP contribution in [0, 0.1) is 18.3 Å². The van der Waals surface area contributed by atoms with Crippen LogP contribution in [0.3, 0.4) is 0 Å². The molecule has 0 bridgehead atoms. The topological polar surface area (TPSA) is 65.8 Å². The first kappa shape index (κ1) is 14.2. The zero-order valence-corrected chi connectivity index (χ0v) is 12.2. The average molecular weight is 285 g/mol. The van der Waals surface area contributed by atoms with E-state index in [1.165, 1.54) is 11.3 Å². The third kappa shape index (κ3) is 3.03. The summed E-state index contributed by atoms with van der Waals surface area (Å²) in [5, 5.41) is 12.9. The Labute approximate surface area is 122 Å². The first-order chi connectivity index (χ1) is 9.65. The number of nitrogens with one attached hydrogen (secondary N) is 1. The number of rotatable bonds is 4. The number of carbonyl (C=O) groups is 1. The molecule has 102 valence electrons. The van der Waals surface area contributed by atoms with Crippen molar-refractivity contribution < 1.29 is 4.79 Å². The average Bonchev–Trinajstić information content (AvgIpc) is 2.86. The maximum absolute atomic E-state index is 12.2. The van der Waals surface area contributed by atoms with Crippen LogP contribution in [0.1, 0.15) is 38.9 Å². The quantitative estimate of drug-likeness (QED) is 0.939. The zero-order chi connectivity index (χ0) is 14.5. The molecule has 4 nitrogen and oxygen atoms in total. The molecule has 1 N–H and O–H groups in total. The van der Waals surface area contributed by atoms with Gasteiger partial charge in [0.15, 0.2) is 0 Å². The molecule has 2 aromatic rings. The summed E-state index contributed by atoms with van der Waals surface area (Å²) in [6, 6.07) is 10.7. The van der Waals surface area contributed by atoms with E-state index in [9.17, 15) is 10.1 Å². The smallest absolute Gasteiger partial charge is 0.264 e. The van der Waals surface area contributed by atoms with Crippen LogP contribution in [0.15, 0.2) is 30.3 Å². The van der Waals surface area contributed by atoms with Crippen molar-refractivity contribution in [2.24, 2.45) is 0 Å². The standard InChI is InChI=1S/C15H15N3OS/c1-3-13-17-10(2)14(20-13)15(19)18-12(9-16)11-7-5-4-6-8-11/h4-8,12H,3H2,1-2H3,(H,18,19). The van der Waals surface area contributed by atoms with Crippen molar-refractivity contribution in [1.82, 2.24) is 10.3 Å². The van der Waals surface area contributed by atoms with Crippen LogP contribution < -0.4 is 5.32 Å². The SMILES string of the molecule is CCc1nc(C)c(C(=O)NC(C#N)c2ccccc2)s1. The largest absolute Gasteiger partial charge is 0.332 e. The van der Waals surface area contributed by atoms with Crippen molar-refractivity contribution >= 4 is 17.2 Å². The second-order valence-corrected chi connectivity index (χ2v) is 5.41. The minimum Gasteiger partial charge on any atom is -0.332 e. The monoisotopic (exact) mass is 285 g/mol. The fourth-order valence-corrected chi connectivity index (χ4v) is 2.75. The summed E-state index contributed by atoms with van der Waals surface area (Å²) in [4.78, 5) is 17.2. The van der Waals surface area contributed by atoms with Crippen LogP contribution in [0.4, 0.5) is 0 Å². The molecule has 1 unspecified atom stereocenters. The first-order valence-electron chi connectivity index (χ1n) is 6.37. The van der Waals surface area contributed by atoms with Gasteiger partial charge in [0.1, 0.15) is 10.9 Å². The van der Waals surface area contributed by atoms with Crippen LogP contribution in [0.5, 0.6) is 0 Å². The van der Waals surface area contributed by atoms with Crippen molar-refractivity contribution in [2.75, 3.05) is 0 Å². The maximum Gasteiger partial charge on any atom is 0.264 e. The van der Waals surface area contributed by atoms with Crippen molar-refractivity contribution in [1.29, 1.82) is 5.26 Å². The summed E-state index contributed by atoms with van der Waals surface area (Å²) >= 11 is 1.38. The van der Waals surface area contributed by atoms with Crippen molar-refractivity contribution in [2.45, 2.75) is 26.3 Å². The lowest BCUT2D eigenvalue weighted by atomic mass is 10.1. The molecule has 0 aliphatic carbocycles. The highest BCUT2D eigenvalue weighted by Gasteiger charge is 2.19. The lowest BCUT2D eigenvalue weighted by Gasteiger charge is -2.11. The Kier molecular flexibility index (Phi) is 4.49. The predicted molar refractivity (Wildman–Crippen MR) is 78.5 cm³/mol. The fourth-order valence-electron chi connectivity index (χ4n) is 1.85. The van der Waals surface area contributed by atoms with Crippen molar-refractivity contribution in [3.05, 3.63) is 51.5 Å². The molecule has 0 radical (unpaired) electrons. The number of hydrogen-bond donors (Lipinski definition) is 1. The van der Waals surface area contributed by atoms with Gasteiger partial charge in [-0.2, -0.15) is 5.26 Å². The Morgan fingerprint density at radius 2 is 2.15 bits per heavy atom. The summed E-state index contributed by atoms with van der Waals surface area (Å²) in [5.41, 5.74) is 1.50. The third-order valence-electron chi connectivity index (χ3n) is 2.89. The Balaban J connectivity index is 2.18. The van der Waals surface area contributed by atoms with Crippen LogP contribution >= 0.6 is 11.3 Å². The van der Waals surface area contributed by atoms with Gasteiger partial charge >= 0.3 is 0 Å². The van der Waals surface area contributed by atoms with E-state index in [4.69, 9.17) is 0 Å². The molecule has 1 atom stereocenters. The number of aryl methyl sites for hydroxylation is 2. The van der Waals surface area contributed by atoms with Gasteiger partial charge in [0.05, 0.1) is 16.8 Å². The van der Waals surface area contributed by atoms with Crippen molar-refractivity contribution in [3.63, 3.8) is 0 Å². The van der Waals surface area contributed by atoms with Crippen LogP contribution in [-0.4, -0.2) is 10.9 Å². The van der Waals surface area contributed by atoms with Crippen LogP contribution in [0.25, 0.3) is 0 Å². The minimum absolute atomic E-state index is 0.241. The van der Waals surface area contributed by atoms with E-state index in [2.05, 4.69) is 16.4 Å². The second-order valence-electron chi connectivity index (χ2n) is 4.32. The minimum atomic E-state index is -0.643. The lowest BCUT2D eigenvalue weighted by Crippen LogP contribution is -2.27. The van der Waals surface area contributed by atoms with E-state index in [1.807, 2.05) is 44.2 Å². The number of carbonyl (C=O) groups excluding carboxylic acids is 1. The molecular weight excluding hydrogens is 270 g/mol. The summed E-state index contributed by atoms with van der Waals surface area (Å²) in [6.45, 7) is 3.82. The highest BCUT2D eigenvalue weighted by atomic mass is 32.1. The summed E-state index contributed by atoms with van der Waals surface area (Å²) in [7, 11) is 0. The van der Waals surface area contributed by atoms with E-state index in [-0.39, 0.29) is 5.91 Å². The molecule has 1 aromatic heterocycles. The Morgan fingerprint density at radius 3 is 2.70 bits per heavy atom. The molecule has 20 heavy (non-hydrogen) atoms. The first-order valence-corrected chi connectivity index (χ1v) is 7.19. The molecule has 0 aliphatic heterocycles. The van der Waals surface area contributed by atoms with E-state index in [1.54, 1.807) is 0 Å². The maximum atomic E-state index is 12.2. The zero-order valence-electron chi connectivity index (χ0n) is 11.4. The number of aromatic nitrogens is 1. The molecule has 2 rings (SSSR count). The van der Waals surface area contributed by atoms with Crippen molar-refractivity contribution in [3.8, 4) is 6.07 Å². The Morgan fingerprint density at radius 1 is 1.45 bits per heavy atom. The number of hydrogen-bond acceptors (Lipinski definition) is 4. The molecule has 1 amide bonds. The molecule has 5 heteroatoms. The molecule has 0 saturated heterocycles. The number of nitrogens with zero attached hydrogens (tertiary/aromatic N) is 2. The normalized spacial score (nSPS) is 11.7. The molecule has 0 saturated carbocycles. The van der Waals surface area contributed by atoms with Gasteiger partial charge in [0, 0.05) is 0 Å². The molecule has 0 fully saturated rings. The number of amides is 1. The highest BCUT2D eigenvalue weighted by Crippen LogP contribution is 2.20. The van der Waals surface area contributed by atoms with E-state index >= 15 is 0 Å². The van der Waals surface area contributed by atoms with Gasteiger partial charge in [0.25, 0.3) is 5.91 Å².